The van der Waals surface area contributed by atoms with E-state index < -0.39 is 0 Å². The zero-order valence-corrected chi connectivity index (χ0v) is 8.75. The van der Waals surface area contributed by atoms with E-state index in [4.69, 9.17) is 7.85 Å². The number of hydrogen-bond acceptors (Lipinski definition) is 1. The van der Waals surface area contributed by atoms with Crippen LogP contribution in [0.15, 0.2) is 0 Å². The van der Waals surface area contributed by atoms with Gasteiger partial charge in [0.15, 0.2) is 0 Å². The largest absolute Gasteiger partial charge is 0.303 e. The molecule has 3 atom stereocenters. The Kier molecular flexibility index (Phi) is 3.58. The van der Waals surface area contributed by atoms with Gasteiger partial charge in [-0.1, -0.05) is 44.8 Å². The van der Waals surface area contributed by atoms with Gasteiger partial charge in [0.05, 0.1) is 7.85 Å². The first-order valence-corrected chi connectivity index (χ1v) is 5.28. The fraction of sp³-hybridized carbons (Fsp3) is 0.909. The highest BCUT2D eigenvalue weighted by Crippen LogP contribution is 2.45. The van der Waals surface area contributed by atoms with Crippen LogP contribution in [-0.2, 0) is 4.79 Å². The van der Waals surface area contributed by atoms with E-state index in [2.05, 4.69) is 13.8 Å². The van der Waals surface area contributed by atoms with Crippen LogP contribution in [-0.4, -0.2) is 14.1 Å². The fourth-order valence-electron chi connectivity index (χ4n) is 2.40. The summed E-state index contributed by atoms with van der Waals surface area (Å²) in [6.45, 7) is 4.30. The second kappa shape index (κ2) is 4.30. The Morgan fingerprint density at radius 1 is 1.69 bits per heavy atom. The maximum absolute atomic E-state index is 10.4. The maximum atomic E-state index is 10.4. The molecule has 0 saturated heterocycles. The van der Waals surface area contributed by atoms with Gasteiger partial charge in [-0.2, -0.15) is 0 Å². The topological polar surface area (TPSA) is 17.1 Å². The monoisotopic (exact) mass is 178 g/mol. The highest BCUT2D eigenvalue weighted by molar-refractivity contribution is 6.14. The van der Waals surface area contributed by atoms with Gasteiger partial charge in [0.1, 0.15) is 6.29 Å². The minimum absolute atomic E-state index is 0.0139. The Morgan fingerprint density at radius 3 is 2.92 bits per heavy atom. The van der Waals surface area contributed by atoms with Gasteiger partial charge in [0.25, 0.3) is 0 Å². The van der Waals surface area contributed by atoms with E-state index in [-0.39, 0.29) is 5.31 Å². The van der Waals surface area contributed by atoms with Crippen molar-refractivity contribution < 1.29 is 4.79 Å². The predicted octanol–water partition coefficient (Wildman–Crippen LogP) is 2.75. The highest BCUT2D eigenvalue weighted by atomic mass is 16.1. The van der Waals surface area contributed by atoms with Crippen LogP contribution in [0.2, 0.25) is 5.31 Å². The Balaban J connectivity index is 2.46. The molecule has 0 spiro atoms. The van der Waals surface area contributed by atoms with Gasteiger partial charge in [0.2, 0.25) is 0 Å². The smallest absolute Gasteiger partial charge is 0.120 e. The molecule has 1 aliphatic rings. The molecule has 1 saturated carbocycles. The molecule has 0 aliphatic heterocycles. The van der Waals surface area contributed by atoms with Crippen molar-refractivity contribution in [3.8, 4) is 0 Å². The Labute approximate surface area is 82.7 Å². The predicted molar refractivity (Wildman–Crippen MR) is 55.9 cm³/mol. The molecular formula is C11H19BO. The maximum Gasteiger partial charge on any atom is 0.120 e. The third kappa shape index (κ3) is 3.17. The lowest BCUT2D eigenvalue weighted by atomic mass is 9.57. The Hall–Kier alpha value is -0.265. The van der Waals surface area contributed by atoms with Gasteiger partial charge in [0, 0.05) is 6.42 Å². The molecule has 1 fully saturated rings. The van der Waals surface area contributed by atoms with Gasteiger partial charge in [-0.15, -0.1) is 0 Å². The van der Waals surface area contributed by atoms with E-state index in [1.807, 2.05) is 0 Å². The van der Waals surface area contributed by atoms with Crippen LogP contribution in [0, 0.1) is 11.8 Å². The molecule has 3 unspecified atom stereocenters. The summed E-state index contributed by atoms with van der Waals surface area (Å²) in [4.78, 5) is 10.4. The van der Waals surface area contributed by atoms with Crippen LogP contribution in [0.4, 0.5) is 0 Å². The third-order valence-corrected chi connectivity index (χ3v) is 3.32. The molecule has 13 heavy (non-hydrogen) atoms. The van der Waals surface area contributed by atoms with Crippen LogP contribution in [0.3, 0.4) is 0 Å². The van der Waals surface area contributed by atoms with E-state index in [1.165, 1.54) is 12.8 Å². The zero-order valence-electron chi connectivity index (χ0n) is 8.75. The summed E-state index contributed by atoms with van der Waals surface area (Å²) in [6, 6.07) is 0. The molecule has 0 bridgehead atoms. The molecule has 1 rings (SSSR count). The quantitative estimate of drug-likeness (QED) is 0.479. The van der Waals surface area contributed by atoms with E-state index in [1.54, 1.807) is 0 Å². The van der Waals surface area contributed by atoms with Crippen LogP contribution in [0.25, 0.3) is 0 Å². The van der Waals surface area contributed by atoms with Gasteiger partial charge >= 0.3 is 0 Å². The van der Waals surface area contributed by atoms with Crippen LogP contribution in [0.5, 0.6) is 0 Å². The normalized spacial score (nSPS) is 36.9. The van der Waals surface area contributed by atoms with Crippen molar-refractivity contribution in [2.75, 3.05) is 0 Å². The number of rotatable bonds is 3. The molecule has 1 aliphatic carbocycles. The van der Waals surface area contributed by atoms with Gasteiger partial charge in [-0.05, 0) is 11.8 Å². The molecule has 0 aromatic rings. The van der Waals surface area contributed by atoms with Crippen molar-refractivity contribution in [2.24, 2.45) is 11.8 Å². The summed E-state index contributed by atoms with van der Waals surface area (Å²) in [7, 11) is 6.11. The fourth-order valence-corrected chi connectivity index (χ4v) is 2.40. The Morgan fingerprint density at radius 2 is 2.38 bits per heavy atom. The number of hydrogen-bond donors (Lipinski definition) is 0. The van der Waals surface area contributed by atoms with E-state index in [0.717, 1.165) is 19.1 Å². The summed E-state index contributed by atoms with van der Waals surface area (Å²) in [5.74, 6) is 1.18. The molecule has 2 radical (unpaired) electrons. The lowest BCUT2D eigenvalue weighted by molar-refractivity contribution is -0.109. The van der Waals surface area contributed by atoms with Crippen molar-refractivity contribution in [3.63, 3.8) is 0 Å². The van der Waals surface area contributed by atoms with Gasteiger partial charge in [-0.25, -0.2) is 0 Å². The average molecular weight is 178 g/mol. The number of carbonyl (C=O) groups excluding carboxylic acids is 1. The van der Waals surface area contributed by atoms with E-state index in [0.29, 0.717) is 18.3 Å². The Bertz CT molecular complexity index is 177. The average Bonchev–Trinajstić information content (AvgIpc) is 2.03. The van der Waals surface area contributed by atoms with Crippen molar-refractivity contribution in [3.05, 3.63) is 0 Å². The summed E-state index contributed by atoms with van der Waals surface area (Å²) in [5, 5.41) is 0.0139. The lowest BCUT2D eigenvalue weighted by Gasteiger charge is -2.38. The first-order chi connectivity index (χ1) is 6.05. The van der Waals surface area contributed by atoms with E-state index in [9.17, 15) is 4.79 Å². The first kappa shape index (κ1) is 10.8. The minimum atomic E-state index is 0.0139. The summed E-state index contributed by atoms with van der Waals surface area (Å²) >= 11 is 0. The van der Waals surface area contributed by atoms with Crippen molar-refractivity contribution >= 4 is 14.1 Å². The summed E-state index contributed by atoms with van der Waals surface area (Å²) in [5.41, 5.74) is 0. The third-order valence-electron chi connectivity index (χ3n) is 3.32. The molecule has 2 heteroatoms. The highest BCUT2D eigenvalue weighted by Gasteiger charge is 2.30. The van der Waals surface area contributed by atoms with Crippen LogP contribution in [0.1, 0.15) is 46.0 Å². The van der Waals surface area contributed by atoms with Crippen molar-refractivity contribution in [2.45, 2.75) is 51.3 Å². The molecular weight excluding hydrogens is 159 g/mol. The molecule has 72 valence electrons. The molecule has 0 aromatic heterocycles. The first-order valence-electron chi connectivity index (χ1n) is 5.28. The second-order valence-electron chi connectivity index (χ2n) is 4.89. The SMILES string of the molecule is [B]C1(C)CCCC(C(C)CC=O)C1. The van der Waals surface area contributed by atoms with Crippen molar-refractivity contribution in [1.82, 2.24) is 0 Å². The van der Waals surface area contributed by atoms with Gasteiger partial charge in [-0.3, -0.25) is 0 Å². The van der Waals surface area contributed by atoms with Crippen LogP contribution < -0.4 is 0 Å². The molecule has 1 nitrogen and oxygen atoms in total. The minimum Gasteiger partial charge on any atom is -0.303 e. The number of aldehydes is 1. The van der Waals surface area contributed by atoms with Crippen LogP contribution >= 0.6 is 0 Å². The molecule has 0 N–H and O–H groups in total. The van der Waals surface area contributed by atoms with E-state index >= 15 is 0 Å². The zero-order chi connectivity index (χ0) is 9.90. The van der Waals surface area contributed by atoms with Gasteiger partial charge < -0.3 is 4.79 Å². The molecule has 0 aromatic carbocycles. The summed E-state index contributed by atoms with van der Waals surface area (Å²) < 4.78 is 0. The molecule has 0 heterocycles. The van der Waals surface area contributed by atoms with Crippen molar-refractivity contribution in [1.29, 1.82) is 0 Å². The molecule has 0 amide bonds. The summed E-state index contributed by atoms with van der Waals surface area (Å²) in [6.07, 6.45) is 6.43. The lowest BCUT2D eigenvalue weighted by Crippen LogP contribution is -2.24. The standard InChI is InChI=1S/C11H19BO/c1-9(5-7-13)10-4-3-6-11(2,12)8-10/h7,9-10H,3-6,8H2,1-2H3. The number of carbonyl (C=O) groups is 1. The second-order valence-corrected chi connectivity index (χ2v) is 4.89.